The summed E-state index contributed by atoms with van der Waals surface area (Å²) in [6, 6.07) is 14.5. The van der Waals surface area contributed by atoms with Crippen molar-refractivity contribution in [2.75, 3.05) is 11.1 Å². The normalized spacial score (nSPS) is 11.6. The average molecular weight is 475 g/mol. The smallest absolute Gasteiger partial charge is 0.238 e. The van der Waals surface area contributed by atoms with E-state index in [9.17, 15) is 12.8 Å². The molecule has 0 fully saturated rings. The molecule has 2 heterocycles. The number of hydrogen-bond donors (Lipinski definition) is 3. The first-order valence-electron chi connectivity index (χ1n) is 9.19. The van der Waals surface area contributed by atoms with Gasteiger partial charge in [-0.2, -0.15) is 0 Å². The number of aryl methyl sites for hydroxylation is 1. The van der Waals surface area contributed by atoms with E-state index in [1.54, 1.807) is 35.6 Å². The molecule has 0 amide bonds. The van der Waals surface area contributed by atoms with Crippen molar-refractivity contribution in [3.05, 3.63) is 76.5 Å². The topological polar surface area (TPSA) is 111 Å². The second-order valence-electron chi connectivity index (χ2n) is 6.92. The van der Waals surface area contributed by atoms with Gasteiger partial charge in [0.25, 0.3) is 0 Å². The first kappa shape index (κ1) is 21.4. The second kappa shape index (κ2) is 8.39. The zero-order valence-corrected chi connectivity index (χ0v) is 18.9. The fraction of sp³-hybridized carbons (Fsp3) is 0.0952. The molecule has 4 aromatic rings. The molecule has 0 aliphatic rings. The molecule has 2 aromatic carbocycles. The molecule has 4 rings (SSSR count). The van der Waals surface area contributed by atoms with Gasteiger partial charge < -0.3 is 11.1 Å². The molecule has 0 atom stereocenters. The maximum atomic E-state index is 13.1. The van der Waals surface area contributed by atoms with Gasteiger partial charge in [-0.05, 0) is 55.0 Å². The van der Waals surface area contributed by atoms with E-state index in [0.717, 1.165) is 31.0 Å². The lowest BCUT2D eigenvalue weighted by molar-refractivity contribution is 0.598. The van der Waals surface area contributed by atoms with Crippen LogP contribution in [-0.4, -0.2) is 13.4 Å². The van der Waals surface area contributed by atoms with Crippen LogP contribution in [0.2, 0.25) is 0 Å². The lowest BCUT2D eigenvalue weighted by Gasteiger charge is -2.04. The van der Waals surface area contributed by atoms with Crippen molar-refractivity contribution in [2.45, 2.75) is 18.2 Å². The number of anilines is 3. The molecule has 2 aromatic heterocycles. The number of nitrogens with two attached hydrogens (primary N) is 2. The maximum Gasteiger partial charge on any atom is 0.238 e. The van der Waals surface area contributed by atoms with Gasteiger partial charge in [0.2, 0.25) is 10.0 Å². The largest absolute Gasteiger partial charge is 0.397 e. The highest BCUT2D eigenvalue weighted by Gasteiger charge is 2.16. The van der Waals surface area contributed by atoms with E-state index in [4.69, 9.17) is 10.9 Å². The van der Waals surface area contributed by atoms with Crippen LogP contribution in [0.5, 0.6) is 0 Å². The Hall–Kier alpha value is -2.79. The van der Waals surface area contributed by atoms with Crippen molar-refractivity contribution in [3.63, 3.8) is 0 Å². The second-order valence-corrected chi connectivity index (χ2v) is 10.6. The summed E-state index contributed by atoms with van der Waals surface area (Å²) in [5, 5.41) is 9.99. The van der Waals surface area contributed by atoms with Gasteiger partial charge >= 0.3 is 0 Å². The zero-order valence-electron chi connectivity index (χ0n) is 16.4. The molecule has 5 N–H and O–H groups in total. The van der Waals surface area contributed by atoms with Gasteiger partial charge in [-0.1, -0.05) is 12.1 Å². The van der Waals surface area contributed by atoms with Crippen molar-refractivity contribution in [3.8, 4) is 9.88 Å². The third kappa shape index (κ3) is 4.93. The number of aromatic nitrogens is 1. The first-order chi connectivity index (χ1) is 14.7. The van der Waals surface area contributed by atoms with E-state index < -0.39 is 10.0 Å². The van der Waals surface area contributed by atoms with Crippen LogP contribution in [0.1, 0.15) is 16.1 Å². The summed E-state index contributed by atoms with van der Waals surface area (Å²) in [5.74, 6) is -0.254. The van der Waals surface area contributed by atoms with Crippen LogP contribution in [0.4, 0.5) is 20.8 Å². The van der Waals surface area contributed by atoms with E-state index in [0.29, 0.717) is 17.8 Å². The molecule has 160 valence electrons. The van der Waals surface area contributed by atoms with Gasteiger partial charge in [0, 0.05) is 17.0 Å². The van der Waals surface area contributed by atoms with Gasteiger partial charge in [0.05, 0.1) is 26.2 Å². The minimum Gasteiger partial charge on any atom is -0.397 e. The number of thiophene rings is 1. The van der Waals surface area contributed by atoms with E-state index >= 15 is 0 Å². The summed E-state index contributed by atoms with van der Waals surface area (Å²) in [5.41, 5.74) is 9.50. The quantitative estimate of drug-likeness (QED) is 0.369. The molecule has 6 nitrogen and oxygen atoms in total. The fourth-order valence-electron chi connectivity index (χ4n) is 2.98. The number of thiazole rings is 1. The number of nitrogen functional groups attached to an aromatic ring is 1. The number of nitrogens with zero attached hydrogens (tertiary/aromatic N) is 1. The number of benzene rings is 2. The molecule has 0 aliphatic heterocycles. The minimum atomic E-state index is -3.73. The molecule has 10 heteroatoms. The molecule has 0 radical (unpaired) electrons. The molecular weight excluding hydrogens is 455 g/mol. The lowest BCUT2D eigenvalue weighted by atomic mass is 10.1. The van der Waals surface area contributed by atoms with Crippen molar-refractivity contribution < 1.29 is 12.8 Å². The summed E-state index contributed by atoms with van der Waals surface area (Å²) in [7, 11) is -3.73. The van der Waals surface area contributed by atoms with E-state index in [-0.39, 0.29) is 10.7 Å². The van der Waals surface area contributed by atoms with Crippen LogP contribution in [-0.2, 0) is 16.4 Å². The van der Waals surface area contributed by atoms with Crippen LogP contribution in [0.25, 0.3) is 9.88 Å². The molecule has 0 spiro atoms. The van der Waals surface area contributed by atoms with Crippen molar-refractivity contribution in [1.82, 2.24) is 4.98 Å². The van der Waals surface area contributed by atoms with E-state index in [1.165, 1.54) is 35.6 Å². The minimum absolute atomic E-state index is 0.0522. The zero-order chi connectivity index (χ0) is 22.2. The monoisotopic (exact) mass is 474 g/mol. The molecule has 31 heavy (non-hydrogen) atoms. The number of rotatable bonds is 6. The Morgan fingerprint density at radius 1 is 1.06 bits per heavy atom. The number of halogens is 1. The highest BCUT2D eigenvalue weighted by atomic mass is 32.2. The van der Waals surface area contributed by atoms with E-state index in [1.807, 2.05) is 13.0 Å². The third-order valence-corrected chi connectivity index (χ3v) is 7.88. The highest BCUT2D eigenvalue weighted by molar-refractivity contribution is 7.89. The molecule has 0 saturated heterocycles. The van der Waals surface area contributed by atoms with Crippen molar-refractivity contribution in [2.24, 2.45) is 5.14 Å². The summed E-state index contributed by atoms with van der Waals surface area (Å²) in [6.07, 6.45) is 0.677. The molecule has 0 bridgehead atoms. The Labute approximate surface area is 187 Å². The molecule has 0 saturated carbocycles. The van der Waals surface area contributed by atoms with Gasteiger partial charge in [-0.3, -0.25) is 0 Å². The van der Waals surface area contributed by atoms with Gasteiger partial charge in [0.1, 0.15) is 10.8 Å². The third-order valence-electron chi connectivity index (χ3n) is 4.58. The van der Waals surface area contributed by atoms with Gasteiger partial charge in [-0.15, -0.1) is 22.7 Å². The summed E-state index contributed by atoms with van der Waals surface area (Å²) in [6.45, 7) is 1.95. The molecule has 0 unspecified atom stereocenters. The molecule has 0 aliphatic carbocycles. The maximum absolute atomic E-state index is 13.1. The predicted octanol–water partition coefficient (Wildman–Crippen LogP) is 4.88. The Bertz CT molecular complexity index is 1330. The Kier molecular flexibility index (Phi) is 5.80. The van der Waals surface area contributed by atoms with Crippen molar-refractivity contribution in [1.29, 1.82) is 0 Å². The van der Waals surface area contributed by atoms with Gasteiger partial charge in [0.15, 0.2) is 0 Å². The van der Waals surface area contributed by atoms with Crippen LogP contribution in [0, 0.1) is 12.7 Å². The lowest BCUT2D eigenvalue weighted by Crippen LogP contribution is -2.11. The Balaban J connectivity index is 1.54. The van der Waals surface area contributed by atoms with Crippen LogP contribution >= 0.6 is 22.7 Å². The fourth-order valence-corrected chi connectivity index (χ4v) is 5.69. The van der Waals surface area contributed by atoms with Crippen LogP contribution in [0.15, 0.2) is 59.5 Å². The SMILES string of the molecule is Cc1nc(-c2sc(Nc3ccc(S(N)(=O)=O)cc3)cc2N)sc1Cc1ccc(F)cc1. The van der Waals surface area contributed by atoms with Crippen LogP contribution < -0.4 is 16.2 Å². The van der Waals surface area contributed by atoms with Crippen molar-refractivity contribution >= 4 is 49.1 Å². The first-order valence-corrected chi connectivity index (χ1v) is 12.4. The molecular formula is C21H19FN4O2S3. The number of primary sulfonamides is 1. The summed E-state index contributed by atoms with van der Waals surface area (Å²) < 4.78 is 35.9. The standard InChI is InChI=1S/C21H19FN4O2S3/c1-12-18(10-13-2-4-14(22)5-3-13)29-21(25-12)20-17(23)11-19(30-20)26-15-6-8-16(9-7-15)31(24,27)28/h2-9,11,26H,10,23H2,1H3,(H2,24,27,28). The summed E-state index contributed by atoms with van der Waals surface area (Å²) >= 11 is 3.03. The Morgan fingerprint density at radius 2 is 1.74 bits per heavy atom. The predicted molar refractivity (Wildman–Crippen MR) is 125 cm³/mol. The average Bonchev–Trinajstić information content (AvgIpc) is 3.25. The van der Waals surface area contributed by atoms with E-state index in [2.05, 4.69) is 10.3 Å². The Morgan fingerprint density at radius 3 is 2.39 bits per heavy atom. The number of sulfonamides is 1. The number of nitrogens with one attached hydrogen (secondary N) is 1. The summed E-state index contributed by atoms with van der Waals surface area (Å²) in [4.78, 5) is 6.70. The van der Waals surface area contributed by atoms with Crippen LogP contribution in [0.3, 0.4) is 0 Å². The highest BCUT2D eigenvalue weighted by Crippen LogP contribution is 2.41. The van der Waals surface area contributed by atoms with Gasteiger partial charge in [-0.25, -0.2) is 22.9 Å². The number of hydrogen-bond acceptors (Lipinski definition) is 7.